The van der Waals surface area contributed by atoms with Gasteiger partial charge in [0.1, 0.15) is 0 Å². The van der Waals surface area contributed by atoms with Gasteiger partial charge in [0.05, 0.1) is 0 Å². The number of nitrogens with one attached hydrogen (secondary N) is 1. The normalized spacial score (nSPS) is 24.3. The molecule has 2 atom stereocenters. The fraction of sp³-hybridized carbons (Fsp3) is 0.529. The highest BCUT2D eigenvalue weighted by Crippen LogP contribution is 2.30. The Morgan fingerprint density at radius 1 is 1.25 bits per heavy atom. The van der Waals surface area contributed by atoms with Crippen LogP contribution in [0.2, 0.25) is 0 Å². The van der Waals surface area contributed by atoms with E-state index in [1.54, 1.807) is 0 Å². The molecular formula is C17H24N2S. The molecule has 1 aromatic carbocycles. The van der Waals surface area contributed by atoms with Crippen molar-refractivity contribution in [3.05, 3.63) is 29.6 Å². The number of thiophene rings is 1. The van der Waals surface area contributed by atoms with Crippen LogP contribution in [0.5, 0.6) is 0 Å². The Hall–Kier alpha value is -1.06. The van der Waals surface area contributed by atoms with Gasteiger partial charge in [0.15, 0.2) is 0 Å². The summed E-state index contributed by atoms with van der Waals surface area (Å²) in [5, 5.41) is 7.24. The number of hydrogen-bond acceptors (Lipinski definition) is 3. The Morgan fingerprint density at radius 3 is 2.80 bits per heavy atom. The van der Waals surface area contributed by atoms with Crippen LogP contribution in [0.4, 0.5) is 5.69 Å². The van der Waals surface area contributed by atoms with Crippen LogP contribution in [-0.4, -0.2) is 25.2 Å². The first-order valence-corrected chi connectivity index (χ1v) is 8.30. The molecule has 3 rings (SSSR count). The summed E-state index contributed by atoms with van der Waals surface area (Å²) >= 11 is 1.82. The van der Waals surface area contributed by atoms with Gasteiger partial charge < -0.3 is 10.2 Å². The molecule has 0 spiro atoms. The van der Waals surface area contributed by atoms with Crippen LogP contribution in [0.15, 0.2) is 29.6 Å². The van der Waals surface area contributed by atoms with Gasteiger partial charge in [-0.1, -0.05) is 20.8 Å². The molecule has 0 saturated carbocycles. The highest BCUT2D eigenvalue weighted by molar-refractivity contribution is 7.17. The minimum Gasteiger partial charge on any atom is -0.366 e. The summed E-state index contributed by atoms with van der Waals surface area (Å²) in [4.78, 5) is 2.56. The highest BCUT2D eigenvalue weighted by Gasteiger charge is 2.32. The maximum atomic E-state index is 3.70. The monoisotopic (exact) mass is 288 g/mol. The summed E-state index contributed by atoms with van der Waals surface area (Å²) in [5.74, 6) is 0. The van der Waals surface area contributed by atoms with E-state index in [9.17, 15) is 0 Å². The summed E-state index contributed by atoms with van der Waals surface area (Å²) in [7, 11) is 0. The largest absolute Gasteiger partial charge is 0.366 e. The first-order valence-electron chi connectivity index (χ1n) is 7.42. The number of benzene rings is 1. The molecule has 1 saturated heterocycles. The molecule has 1 aliphatic heterocycles. The summed E-state index contributed by atoms with van der Waals surface area (Å²) < 4.78 is 1.38. The van der Waals surface area contributed by atoms with Crippen LogP contribution in [-0.2, 0) is 0 Å². The molecular weight excluding hydrogens is 264 g/mol. The fourth-order valence-corrected chi connectivity index (χ4v) is 3.71. The molecule has 1 N–H and O–H groups in total. The lowest BCUT2D eigenvalue weighted by Crippen LogP contribution is -2.59. The van der Waals surface area contributed by atoms with E-state index in [-0.39, 0.29) is 0 Å². The van der Waals surface area contributed by atoms with Crippen molar-refractivity contribution < 1.29 is 0 Å². The van der Waals surface area contributed by atoms with E-state index >= 15 is 0 Å². The zero-order valence-corrected chi connectivity index (χ0v) is 13.6. The lowest BCUT2D eigenvalue weighted by molar-refractivity contribution is 0.239. The maximum Gasteiger partial charge on any atom is 0.0387 e. The van der Waals surface area contributed by atoms with Crippen molar-refractivity contribution in [1.29, 1.82) is 0 Å². The van der Waals surface area contributed by atoms with Gasteiger partial charge in [0.25, 0.3) is 0 Å². The second-order valence-corrected chi connectivity index (χ2v) is 7.92. The second-order valence-electron chi connectivity index (χ2n) is 6.97. The fourth-order valence-electron chi connectivity index (χ4n) is 2.94. The smallest absolute Gasteiger partial charge is 0.0387 e. The Balaban J connectivity index is 1.90. The molecule has 1 aromatic heterocycles. The molecule has 2 nitrogen and oxygen atoms in total. The quantitative estimate of drug-likeness (QED) is 0.849. The molecule has 0 bridgehead atoms. The summed E-state index contributed by atoms with van der Waals surface area (Å²) in [6, 6.07) is 10.2. The van der Waals surface area contributed by atoms with Crippen molar-refractivity contribution in [2.75, 3.05) is 18.0 Å². The average Bonchev–Trinajstić information content (AvgIpc) is 2.85. The molecule has 108 valence electrons. The Morgan fingerprint density at radius 2 is 2.05 bits per heavy atom. The van der Waals surface area contributed by atoms with Gasteiger partial charge in [-0.25, -0.2) is 0 Å². The van der Waals surface area contributed by atoms with Gasteiger partial charge in [-0.2, -0.15) is 0 Å². The molecule has 3 heteroatoms. The predicted molar refractivity (Wildman–Crippen MR) is 89.9 cm³/mol. The summed E-state index contributed by atoms with van der Waals surface area (Å²) in [6.07, 6.45) is 0. The van der Waals surface area contributed by atoms with Gasteiger partial charge in [0, 0.05) is 35.6 Å². The third kappa shape index (κ3) is 2.57. The first-order chi connectivity index (χ1) is 9.45. The molecule has 2 aromatic rings. The van der Waals surface area contributed by atoms with Crippen LogP contribution >= 0.6 is 11.3 Å². The van der Waals surface area contributed by atoms with Crippen molar-refractivity contribution in [2.24, 2.45) is 5.41 Å². The number of anilines is 1. The van der Waals surface area contributed by atoms with E-state index in [4.69, 9.17) is 0 Å². The summed E-state index contributed by atoms with van der Waals surface area (Å²) in [5.41, 5.74) is 1.66. The van der Waals surface area contributed by atoms with Crippen LogP contribution < -0.4 is 10.2 Å². The third-order valence-electron chi connectivity index (χ3n) is 4.38. The number of rotatable bonds is 1. The lowest BCUT2D eigenvalue weighted by atomic mass is 9.84. The number of nitrogens with zero attached hydrogens (tertiary/aromatic N) is 1. The minimum atomic E-state index is 0.297. The van der Waals surface area contributed by atoms with E-state index in [0.29, 0.717) is 17.5 Å². The van der Waals surface area contributed by atoms with E-state index < -0.39 is 0 Å². The molecule has 2 unspecified atom stereocenters. The van der Waals surface area contributed by atoms with E-state index in [0.717, 1.165) is 13.1 Å². The molecule has 0 radical (unpaired) electrons. The number of fused-ring (bicyclic) bond motifs is 1. The van der Waals surface area contributed by atoms with Gasteiger partial charge in [-0.05, 0) is 47.4 Å². The van der Waals surface area contributed by atoms with Crippen molar-refractivity contribution in [2.45, 2.75) is 39.8 Å². The van der Waals surface area contributed by atoms with Crippen LogP contribution in [0, 0.1) is 5.41 Å². The number of hydrogen-bond donors (Lipinski definition) is 1. The van der Waals surface area contributed by atoms with Crippen molar-refractivity contribution in [3.8, 4) is 0 Å². The van der Waals surface area contributed by atoms with Crippen LogP contribution in [0.3, 0.4) is 0 Å². The van der Waals surface area contributed by atoms with Crippen molar-refractivity contribution >= 4 is 27.1 Å². The topological polar surface area (TPSA) is 15.3 Å². The SMILES string of the molecule is CC1CNC(C(C)(C)C)CN1c1ccc2sccc2c1. The van der Waals surface area contributed by atoms with Crippen LogP contribution in [0.1, 0.15) is 27.7 Å². The van der Waals surface area contributed by atoms with E-state index in [1.807, 2.05) is 11.3 Å². The Bertz CT molecular complexity index is 596. The number of piperazine rings is 1. The molecule has 0 aliphatic carbocycles. The first kappa shape index (κ1) is 13.9. The molecule has 20 heavy (non-hydrogen) atoms. The average molecular weight is 288 g/mol. The van der Waals surface area contributed by atoms with Crippen molar-refractivity contribution in [3.63, 3.8) is 0 Å². The summed E-state index contributed by atoms with van der Waals surface area (Å²) in [6.45, 7) is 11.4. The zero-order valence-electron chi connectivity index (χ0n) is 12.8. The lowest BCUT2D eigenvalue weighted by Gasteiger charge is -2.45. The highest BCUT2D eigenvalue weighted by atomic mass is 32.1. The van der Waals surface area contributed by atoms with Gasteiger partial charge in [-0.15, -0.1) is 11.3 Å². The predicted octanol–water partition coefficient (Wildman–Crippen LogP) is 4.11. The zero-order chi connectivity index (χ0) is 14.3. The van der Waals surface area contributed by atoms with Gasteiger partial charge in [-0.3, -0.25) is 0 Å². The molecule has 0 amide bonds. The van der Waals surface area contributed by atoms with Gasteiger partial charge >= 0.3 is 0 Å². The van der Waals surface area contributed by atoms with E-state index in [1.165, 1.54) is 15.8 Å². The maximum absolute atomic E-state index is 3.70. The molecule has 2 heterocycles. The standard InChI is InChI=1S/C17H24N2S/c1-12-10-18-16(17(2,3)4)11-19(12)14-5-6-15-13(9-14)7-8-20-15/h5-9,12,16,18H,10-11H2,1-4H3. The molecule has 1 fully saturated rings. The van der Waals surface area contributed by atoms with Crippen molar-refractivity contribution in [1.82, 2.24) is 5.32 Å². The minimum absolute atomic E-state index is 0.297. The Labute approximate surface area is 125 Å². The van der Waals surface area contributed by atoms with Crippen LogP contribution in [0.25, 0.3) is 10.1 Å². The Kier molecular flexibility index (Phi) is 3.51. The second kappa shape index (κ2) is 5.05. The van der Waals surface area contributed by atoms with Gasteiger partial charge in [0.2, 0.25) is 0 Å². The third-order valence-corrected chi connectivity index (χ3v) is 5.28. The van der Waals surface area contributed by atoms with E-state index in [2.05, 4.69) is 67.6 Å². The molecule has 1 aliphatic rings.